The molecule has 2 aromatic rings. The standard InChI is InChI=1S/C12H16N4OS/c1-8-16-9(7-18-8)6-10(13-2)11-12(17-3)15-5-4-14-11/h4-5,7,10,13H,6H2,1-3H3. The maximum atomic E-state index is 5.24. The molecule has 0 bridgehead atoms. The Balaban J connectivity index is 2.22. The van der Waals surface area contributed by atoms with Gasteiger partial charge in [0.25, 0.3) is 0 Å². The number of aryl methyl sites for hydroxylation is 1. The quantitative estimate of drug-likeness (QED) is 0.891. The van der Waals surface area contributed by atoms with E-state index in [0.29, 0.717) is 5.88 Å². The molecule has 2 rings (SSSR count). The van der Waals surface area contributed by atoms with E-state index >= 15 is 0 Å². The molecule has 0 spiro atoms. The largest absolute Gasteiger partial charge is 0.480 e. The molecule has 0 aliphatic rings. The second-order valence-corrected chi connectivity index (χ2v) is 4.92. The number of hydrogen-bond acceptors (Lipinski definition) is 6. The average molecular weight is 264 g/mol. The fourth-order valence-electron chi connectivity index (χ4n) is 1.78. The maximum Gasteiger partial charge on any atom is 0.237 e. The highest BCUT2D eigenvalue weighted by molar-refractivity contribution is 7.09. The molecular formula is C12H16N4OS. The van der Waals surface area contributed by atoms with Gasteiger partial charge < -0.3 is 10.1 Å². The first-order valence-electron chi connectivity index (χ1n) is 5.67. The van der Waals surface area contributed by atoms with E-state index in [1.54, 1.807) is 30.8 Å². The SMILES string of the molecule is CNC(Cc1csc(C)n1)c1nccnc1OC. The van der Waals surface area contributed by atoms with Crippen molar-refractivity contribution in [1.29, 1.82) is 0 Å². The molecule has 1 N–H and O–H groups in total. The van der Waals surface area contributed by atoms with Crippen LogP contribution >= 0.6 is 11.3 Å². The van der Waals surface area contributed by atoms with Gasteiger partial charge in [0.1, 0.15) is 5.69 Å². The number of hydrogen-bond donors (Lipinski definition) is 1. The third-order valence-electron chi connectivity index (χ3n) is 2.64. The number of ether oxygens (including phenoxy) is 1. The minimum atomic E-state index is 0.0511. The first-order chi connectivity index (χ1) is 8.74. The van der Waals surface area contributed by atoms with Gasteiger partial charge in [0.2, 0.25) is 5.88 Å². The lowest BCUT2D eigenvalue weighted by molar-refractivity contribution is 0.379. The van der Waals surface area contributed by atoms with Crippen LogP contribution in [0, 0.1) is 6.92 Å². The highest BCUT2D eigenvalue weighted by atomic mass is 32.1. The highest BCUT2D eigenvalue weighted by Crippen LogP contribution is 2.23. The second kappa shape index (κ2) is 5.88. The number of likely N-dealkylation sites (N-methyl/N-ethyl adjacent to an activating group) is 1. The Morgan fingerprint density at radius 2 is 2.17 bits per heavy atom. The number of rotatable bonds is 5. The minimum absolute atomic E-state index is 0.0511. The van der Waals surface area contributed by atoms with Crippen LogP contribution in [0.15, 0.2) is 17.8 Å². The summed E-state index contributed by atoms with van der Waals surface area (Å²) in [6, 6.07) is 0.0511. The van der Waals surface area contributed by atoms with Crippen LogP contribution in [0.5, 0.6) is 5.88 Å². The van der Waals surface area contributed by atoms with Crippen molar-refractivity contribution in [2.24, 2.45) is 0 Å². The third-order valence-corrected chi connectivity index (χ3v) is 3.47. The van der Waals surface area contributed by atoms with Crippen LogP contribution in [-0.2, 0) is 6.42 Å². The molecule has 96 valence electrons. The van der Waals surface area contributed by atoms with Gasteiger partial charge in [-0.3, -0.25) is 4.98 Å². The zero-order valence-corrected chi connectivity index (χ0v) is 11.5. The summed E-state index contributed by atoms with van der Waals surface area (Å²) in [4.78, 5) is 13.0. The predicted molar refractivity (Wildman–Crippen MR) is 70.9 cm³/mol. The molecule has 0 saturated carbocycles. The summed E-state index contributed by atoms with van der Waals surface area (Å²) >= 11 is 1.66. The topological polar surface area (TPSA) is 59.9 Å². The van der Waals surface area contributed by atoms with Crippen molar-refractivity contribution >= 4 is 11.3 Å². The summed E-state index contributed by atoms with van der Waals surface area (Å²) in [7, 11) is 3.51. The zero-order valence-electron chi connectivity index (χ0n) is 10.7. The average Bonchev–Trinajstić information content (AvgIpc) is 2.81. The van der Waals surface area contributed by atoms with Crippen molar-refractivity contribution in [3.8, 4) is 5.88 Å². The van der Waals surface area contributed by atoms with Gasteiger partial charge in [-0.25, -0.2) is 9.97 Å². The summed E-state index contributed by atoms with van der Waals surface area (Å²) in [6.07, 6.45) is 4.08. The van der Waals surface area contributed by atoms with Crippen LogP contribution in [0.25, 0.3) is 0 Å². The Kier molecular flexibility index (Phi) is 4.22. The molecule has 1 atom stereocenters. The van der Waals surface area contributed by atoms with Gasteiger partial charge in [0, 0.05) is 24.2 Å². The summed E-state index contributed by atoms with van der Waals surface area (Å²) in [5.41, 5.74) is 1.87. The van der Waals surface area contributed by atoms with E-state index in [9.17, 15) is 0 Å². The molecule has 1 unspecified atom stereocenters. The Hall–Kier alpha value is -1.53. The van der Waals surface area contributed by atoms with Gasteiger partial charge in [0.05, 0.1) is 23.9 Å². The van der Waals surface area contributed by atoms with Crippen molar-refractivity contribution < 1.29 is 4.74 Å². The van der Waals surface area contributed by atoms with E-state index in [1.807, 2.05) is 14.0 Å². The smallest absolute Gasteiger partial charge is 0.237 e. The highest BCUT2D eigenvalue weighted by Gasteiger charge is 2.18. The molecule has 5 nitrogen and oxygen atoms in total. The molecular weight excluding hydrogens is 248 g/mol. The molecule has 18 heavy (non-hydrogen) atoms. The van der Waals surface area contributed by atoms with Crippen molar-refractivity contribution in [2.45, 2.75) is 19.4 Å². The number of aromatic nitrogens is 3. The van der Waals surface area contributed by atoms with Gasteiger partial charge in [-0.1, -0.05) is 0 Å². The van der Waals surface area contributed by atoms with Crippen molar-refractivity contribution in [3.05, 3.63) is 34.2 Å². The molecule has 2 aromatic heterocycles. The van der Waals surface area contributed by atoms with E-state index in [0.717, 1.165) is 22.8 Å². The summed E-state index contributed by atoms with van der Waals surface area (Å²) in [6.45, 7) is 2.01. The van der Waals surface area contributed by atoms with E-state index in [2.05, 4.69) is 25.6 Å². The lowest BCUT2D eigenvalue weighted by Gasteiger charge is -2.16. The van der Waals surface area contributed by atoms with E-state index < -0.39 is 0 Å². The monoisotopic (exact) mass is 264 g/mol. The van der Waals surface area contributed by atoms with Crippen LogP contribution in [-0.4, -0.2) is 29.1 Å². The molecule has 0 amide bonds. The summed E-state index contributed by atoms with van der Waals surface area (Å²) in [5, 5.41) is 6.38. The normalized spacial score (nSPS) is 12.4. The lowest BCUT2D eigenvalue weighted by Crippen LogP contribution is -2.21. The Morgan fingerprint density at radius 3 is 2.78 bits per heavy atom. The number of thiazole rings is 1. The van der Waals surface area contributed by atoms with E-state index in [4.69, 9.17) is 4.74 Å². The number of nitrogens with zero attached hydrogens (tertiary/aromatic N) is 3. The molecule has 0 aliphatic heterocycles. The van der Waals surface area contributed by atoms with E-state index in [-0.39, 0.29) is 6.04 Å². The molecule has 0 radical (unpaired) electrons. The Bertz CT molecular complexity index is 514. The van der Waals surface area contributed by atoms with Crippen molar-refractivity contribution in [1.82, 2.24) is 20.3 Å². The molecule has 0 fully saturated rings. The van der Waals surface area contributed by atoms with Crippen LogP contribution < -0.4 is 10.1 Å². The van der Waals surface area contributed by atoms with Crippen LogP contribution in [0.4, 0.5) is 0 Å². The fraction of sp³-hybridized carbons (Fsp3) is 0.417. The minimum Gasteiger partial charge on any atom is -0.480 e. The first kappa shape index (κ1) is 12.9. The third kappa shape index (κ3) is 2.83. The van der Waals surface area contributed by atoms with Crippen LogP contribution in [0.2, 0.25) is 0 Å². The van der Waals surface area contributed by atoms with Crippen molar-refractivity contribution in [2.75, 3.05) is 14.2 Å². The zero-order chi connectivity index (χ0) is 13.0. The molecule has 2 heterocycles. The summed E-state index contributed by atoms with van der Waals surface area (Å²) in [5.74, 6) is 0.559. The second-order valence-electron chi connectivity index (χ2n) is 3.85. The van der Waals surface area contributed by atoms with Crippen molar-refractivity contribution in [3.63, 3.8) is 0 Å². The predicted octanol–water partition coefficient (Wildman–Crippen LogP) is 1.75. The van der Waals surface area contributed by atoms with Crippen LogP contribution in [0.1, 0.15) is 22.4 Å². The Labute approximate surface area is 110 Å². The lowest BCUT2D eigenvalue weighted by atomic mass is 10.1. The van der Waals surface area contributed by atoms with Gasteiger partial charge in [-0.2, -0.15) is 0 Å². The molecule has 0 saturated heterocycles. The van der Waals surface area contributed by atoms with Gasteiger partial charge in [0.15, 0.2) is 0 Å². The number of nitrogens with one attached hydrogen (secondary N) is 1. The molecule has 0 aliphatic carbocycles. The Morgan fingerprint density at radius 1 is 1.39 bits per heavy atom. The van der Waals surface area contributed by atoms with Gasteiger partial charge >= 0.3 is 0 Å². The number of methoxy groups -OCH3 is 1. The van der Waals surface area contributed by atoms with E-state index in [1.165, 1.54) is 0 Å². The molecule has 6 heteroatoms. The maximum absolute atomic E-state index is 5.24. The molecule has 0 aromatic carbocycles. The summed E-state index contributed by atoms with van der Waals surface area (Å²) < 4.78 is 5.24. The van der Waals surface area contributed by atoms with Crippen LogP contribution in [0.3, 0.4) is 0 Å². The first-order valence-corrected chi connectivity index (χ1v) is 6.55. The van der Waals surface area contributed by atoms with Gasteiger partial charge in [-0.05, 0) is 14.0 Å². The fourth-order valence-corrected chi connectivity index (χ4v) is 2.40. The van der Waals surface area contributed by atoms with Gasteiger partial charge in [-0.15, -0.1) is 11.3 Å².